The number of amides is 1. The van der Waals surface area contributed by atoms with Crippen LogP contribution in [0.25, 0.3) is 5.69 Å². The van der Waals surface area contributed by atoms with Gasteiger partial charge >= 0.3 is 0 Å². The van der Waals surface area contributed by atoms with E-state index in [9.17, 15) is 9.18 Å². The van der Waals surface area contributed by atoms with E-state index in [0.717, 1.165) is 11.1 Å². The molecule has 0 N–H and O–H groups in total. The van der Waals surface area contributed by atoms with Crippen molar-refractivity contribution in [2.24, 2.45) is 0 Å². The Bertz CT molecular complexity index is 960. The Morgan fingerprint density at radius 2 is 1.70 bits per heavy atom. The van der Waals surface area contributed by atoms with Crippen LogP contribution in [-0.4, -0.2) is 46.5 Å². The average Bonchev–Trinajstić information content (AvgIpc) is 3.18. The van der Waals surface area contributed by atoms with Gasteiger partial charge in [0, 0.05) is 44.1 Å². The Hall–Kier alpha value is -3.15. The van der Waals surface area contributed by atoms with Gasteiger partial charge in [-0.2, -0.15) is 0 Å². The molecule has 6 heteroatoms. The van der Waals surface area contributed by atoms with Gasteiger partial charge in [-0.1, -0.05) is 30.3 Å². The molecule has 2 heterocycles. The van der Waals surface area contributed by atoms with Crippen molar-refractivity contribution in [2.45, 2.75) is 6.92 Å². The molecule has 27 heavy (non-hydrogen) atoms. The van der Waals surface area contributed by atoms with Crippen LogP contribution in [0.4, 0.5) is 10.3 Å². The molecule has 1 aliphatic rings. The topological polar surface area (TPSA) is 41.4 Å². The molecule has 2 aromatic carbocycles. The van der Waals surface area contributed by atoms with Crippen molar-refractivity contribution in [3.8, 4) is 5.69 Å². The van der Waals surface area contributed by atoms with Crippen LogP contribution >= 0.6 is 0 Å². The molecule has 0 aliphatic carbocycles. The maximum absolute atomic E-state index is 14.2. The summed E-state index contributed by atoms with van der Waals surface area (Å²) in [4.78, 5) is 21.2. The highest BCUT2D eigenvalue weighted by Gasteiger charge is 2.25. The number of benzene rings is 2. The summed E-state index contributed by atoms with van der Waals surface area (Å²) < 4.78 is 15.9. The summed E-state index contributed by atoms with van der Waals surface area (Å²) in [7, 11) is 0. The molecule has 1 aliphatic heterocycles. The lowest BCUT2D eigenvalue weighted by Crippen LogP contribution is -2.49. The van der Waals surface area contributed by atoms with Crippen LogP contribution in [0.3, 0.4) is 0 Å². The summed E-state index contributed by atoms with van der Waals surface area (Å²) in [6.07, 6.45) is 3.44. The zero-order chi connectivity index (χ0) is 18.8. The third-order valence-corrected chi connectivity index (χ3v) is 4.96. The van der Waals surface area contributed by atoms with Gasteiger partial charge in [-0.05, 0) is 30.7 Å². The molecule has 1 saturated heterocycles. The molecular formula is C21H21FN4O. The standard InChI is InChI=1S/C21H21FN4O/c1-16-6-2-3-7-17(16)20(27)24-12-14-25(15-13-24)21-23-10-11-26(21)19-9-5-4-8-18(19)22/h2-11H,12-15H2,1H3. The van der Waals surface area contributed by atoms with Crippen LogP contribution in [0, 0.1) is 12.7 Å². The highest BCUT2D eigenvalue weighted by molar-refractivity contribution is 5.95. The molecule has 138 valence electrons. The predicted octanol–water partition coefficient (Wildman–Crippen LogP) is 3.28. The number of hydrogen-bond acceptors (Lipinski definition) is 3. The van der Waals surface area contributed by atoms with Crippen molar-refractivity contribution >= 4 is 11.9 Å². The number of hydrogen-bond donors (Lipinski definition) is 0. The molecule has 0 atom stereocenters. The second kappa shape index (κ2) is 7.23. The first-order valence-electron chi connectivity index (χ1n) is 9.03. The summed E-state index contributed by atoms with van der Waals surface area (Å²) in [5.74, 6) is 0.471. The number of nitrogens with zero attached hydrogens (tertiary/aromatic N) is 4. The molecule has 0 saturated carbocycles. The van der Waals surface area contributed by atoms with Gasteiger partial charge in [0.2, 0.25) is 5.95 Å². The van der Waals surface area contributed by atoms with Crippen LogP contribution in [0.1, 0.15) is 15.9 Å². The van der Waals surface area contributed by atoms with Gasteiger partial charge in [0.1, 0.15) is 5.82 Å². The zero-order valence-electron chi connectivity index (χ0n) is 15.2. The predicted molar refractivity (Wildman–Crippen MR) is 103 cm³/mol. The van der Waals surface area contributed by atoms with Crippen molar-refractivity contribution in [1.82, 2.24) is 14.5 Å². The van der Waals surface area contributed by atoms with Crippen LogP contribution in [-0.2, 0) is 0 Å². The second-order valence-electron chi connectivity index (χ2n) is 6.64. The number of piperazine rings is 1. The molecule has 0 unspecified atom stereocenters. The van der Waals surface area contributed by atoms with E-state index in [-0.39, 0.29) is 11.7 Å². The minimum atomic E-state index is -0.287. The van der Waals surface area contributed by atoms with Gasteiger partial charge in [0.25, 0.3) is 5.91 Å². The largest absolute Gasteiger partial charge is 0.338 e. The molecule has 0 bridgehead atoms. The van der Waals surface area contributed by atoms with Gasteiger partial charge in [0.05, 0.1) is 5.69 Å². The summed E-state index contributed by atoms with van der Waals surface area (Å²) >= 11 is 0. The molecular weight excluding hydrogens is 343 g/mol. The van der Waals surface area contributed by atoms with Crippen molar-refractivity contribution in [2.75, 3.05) is 31.1 Å². The smallest absolute Gasteiger partial charge is 0.254 e. The van der Waals surface area contributed by atoms with E-state index >= 15 is 0 Å². The molecule has 0 spiro atoms. The van der Waals surface area contributed by atoms with Crippen molar-refractivity contribution < 1.29 is 9.18 Å². The van der Waals surface area contributed by atoms with E-state index in [1.807, 2.05) is 36.1 Å². The van der Waals surface area contributed by atoms with E-state index in [4.69, 9.17) is 0 Å². The van der Waals surface area contributed by atoms with Crippen molar-refractivity contribution in [3.63, 3.8) is 0 Å². The number of carbonyl (C=O) groups is 1. The van der Waals surface area contributed by atoms with Gasteiger partial charge < -0.3 is 9.80 Å². The van der Waals surface area contributed by atoms with Crippen LogP contribution in [0.2, 0.25) is 0 Å². The molecule has 1 fully saturated rings. The fraction of sp³-hybridized carbons (Fsp3) is 0.238. The third-order valence-electron chi connectivity index (χ3n) is 4.96. The maximum Gasteiger partial charge on any atom is 0.254 e. The lowest BCUT2D eigenvalue weighted by molar-refractivity contribution is 0.0745. The van der Waals surface area contributed by atoms with Crippen LogP contribution in [0.15, 0.2) is 60.9 Å². The molecule has 1 amide bonds. The van der Waals surface area contributed by atoms with Crippen LogP contribution in [0.5, 0.6) is 0 Å². The molecule has 0 radical (unpaired) electrons. The summed E-state index contributed by atoms with van der Waals surface area (Å²) in [5.41, 5.74) is 2.21. The fourth-order valence-corrected chi connectivity index (χ4v) is 3.46. The summed E-state index contributed by atoms with van der Waals surface area (Å²) in [6, 6.07) is 14.3. The van der Waals surface area contributed by atoms with Gasteiger partial charge in [-0.25, -0.2) is 9.37 Å². The first kappa shape index (κ1) is 17.3. The lowest BCUT2D eigenvalue weighted by atomic mass is 10.1. The van der Waals surface area contributed by atoms with Gasteiger partial charge in [0.15, 0.2) is 0 Å². The van der Waals surface area contributed by atoms with Crippen molar-refractivity contribution in [1.29, 1.82) is 0 Å². The average molecular weight is 364 g/mol. The summed E-state index contributed by atoms with van der Waals surface area (Å²) in [6.45, 7) is 4.48. The SMILES string of the molecule is Cc1ccccc1C(=O)N1CCN(c2nccn2-c2ccccc2F)CC1. The van der Waals surface area contributed by atoms with Gasteiger partial charge in [-0.3, -0.25) is 9.36 Å². The Kier molecular flexibility index (Phi) is 4.62. The third kappa shape index (κ3) is 3.30. The Morgan fingerprint density at radius 3 is 2.44 bits per heavy atom. The van der Waals surface area contributed by atoms with E-state index in [0.29, 0.717) is 37.8 Å². The van der Waals surface area contributed by atoms with Crippen molar-refractivity contribution in [3.05, 3.63) is 77.9 Å². The van der Waals surface area contributed by atoms with E-state index in [1.54, 1.807) is 35.2 Å². The number of rotatable bonds is 3. The second-order valence-corrected chi connectivity index (χ2v) is 6.64. The first-order valence-corrected chi connectivity index (χ1v) is 9.03. The van der Waals surface area contributed by atoms with Crippen LogP contribution < -0.4 is 4.90 Å². The maximum atomic E-state index is 14.2. The van der Waals surface area contributed by atoms with E-state index < -0.39 is 0 Å². The highest BCUT2D eigenvalue weighted by Crippen LogP contribution is 2.22. The highest BCUT2D eigenvalue weighted by atomic mass is 19.1. The number of aromatic nitrogens is 2. The molecule has 4 rings (SSSR count). The monoisotopic (exact) mass is 364 g/mol. The first-order chi connectivity index (χ1) is 13.1. The number of para-hydroxylation sites is 1. The minimum Gasteiger partial charge on any atom is -0.338 e. The number of anilines is 1. The fourth-order valence-electron chi connectivity index (χ4n) is 3.46. The van der Waals surface area contributed by atoms with Gasteiger partial charge in [-0.15, -0.1) is 0 Å². The lowest BCUT2D eigenvalue weighted by Gasteiger charge is -2.35. The quantitative estimate of drug-likeness (QED) is 0.716. The normalized spacial score (nSPS) is 14.4. The molecule has 5 nitrogen and oxygen atoms in total. The zero-order valence-corrected chi connectivity index (χ0v) is 15.2. The molecule has 3 aromatic rings. The number of imidazole rings is 1. The Labute approximate surface area is 157 Å². The Morgan fingerprint density at radius 1 is 1.00 bits per heavy atom. The molecule has 1 aromatic heterocycles. The van der Waals surface area contributed by atoms with E-state index in [1.165, 1.54) is 6.07 Å². The Balaban J connectivity index is 1.50. The number of aryl methyl sites for hydroxylation is 1. The number of carbonyl (C=O) groups excluding carboxylic acids is 1. The minimum absolute atomic E-state index is 0.0604. The number of halogens is 1. The summed E-state index contributed by atoms with van der Waals surface area (Å²) in [5, 5.41) is 0. The van der Waals surface area contributed by atoms with E-state index in [2.05, 4.69) is 9.88 Å².